The number of nitrogens with two attached hydrogens (primary N) is 1. The molecule has 1 saturated carbocycles. The van der Waals surface area contributed by atoms with Gasteiger partial charge in [0.25, 0.3) is 0 Å². The van der Waals surface area contributed by atoms with Crippen molar-refractivity contribution in [1.29, 1.82) is 0 Å². The maximum Gasteiger partial charge on any atom is 0.179 e. The molecular weight excluding hydrogens is 214 g/mol. The number of aromatic hydroxyl groups is 1. The van der Waals surface area contributed by atoms with Crippen LogP contribution >= 0.6 is 11.6 Å². The largest absolute Gasteiger partial charge is 0.504 e. The molecule has 1 aromatic rings. The molecule has 0 radical (unpaired) electrons. The second kappa shape index (κ2) is 3.29. The van der Waals surface area contributed by atoms with E-state index in [2.05, 4.69) is 0 Å². The van der Waals surface area contributed by atoms with Gasteiger partial charge in [-0.25, -0.2) is 0 Å². The van der Waals surface area contributed by atoms with Crippen molar-refractivity contribution in [2.24, 2.45) is 5.73 Å². The molecule has 0 unspecified atom stereocenters. The number of hydrogen-bond donors (Lipinski definition) is 2. The van der Waals surface area contributed by atoms with Crippen LogP contribution in [0.25, 0.3) is 0 Å². The number of phenols is 1. The van der Waals surface area contributed by atoms with Crippen LogP contribution in [0, 0.1) is 6.92 Å². The summed E-state index contributed by atoms with van der Waals surface area (Å²) < 4.78 is 5.06. The second-order valence-electron chi connectivity index (χ2n) is 4.09. The Morgan fingerprint density at radius 2 is 2.13 bits per heavy atom. The zero-order chi connectivity index (χ0) is 11.2. The molecule has 4 heteroatoms. The summed E-state index contributed by atoms with van der Waals surface area (Å²) in [6.45, 7) is 1.90. The fraction of sp³-hybridized carbons (Fsp3) is 0.455. The molecule has 0 saturated heterocycles. The van der Waals surface area contributed by atoms with Crippen molar-refractivity contribution >= 4 is 11.6 Å². The Balaban J connectivity index is 2.64. The Morgan fingerprint density at radius 3 is 2.60 bits per heavy atom. The Kier molecular flexibility index (Phi) is 2.32. The average molecular weight is 228 g/mol. The summed E-state index contributed by atoms with van der Waals surface area (Å²) in [4.78, 5) is 0. The van der Waals surface area contributed by atoms with E-state index < -0.39 is 0 Å². The first-order chi connectivity index (χ1) is 6.99. The van der Waals surface area contributed by atoms with Gasteiger partial charge in [0.05, 0.1) is 12.1 Å². The highest BCUT2D eigenvalue weighted by molar-refractivity contribution is 6.33. The molecular formula is C11H14ClNO2. The number of aryl methyl sites for hydroxylation is 1. The van der Waals surface area contributed by atoms with Crippen molar-refractivity contribution in [3.8, 4) is 11.5 Å². The number of methoxy groups -OCH3 is 1. The van der Waals surface area contributed by atoms with E-state index in [1.165, 1.54) is 7.11 Å². The van der Waals surface area contributed by atoms with Crippen LogP contribution in [-0.4, -0.2) is 12.2 Å². The summed E-state index contributed by atoms with van der Waals surface area (Å²) in [6, 6.07) is 1.65. The Bertz CT molecular complexity index is 414. The fourth-order valence-corrected chi connectivity index (χ4v) is 2.44. The minimum Gasteiger partial charge on any atom is -0.504 e. The zero-order valence-corrected chi connectivity index (χ0v) is 9.56. The number of hydrogen-bond acceptors (Lipinski definition) is 3. The summed E-state index contributed by atoms with van der Waals surface area (Å²) in [5, 5.41) is 10.1. The van der Waals surface area contributed by atoms with Gasteiger partial charge in [-0.2, -0.15) is 0 Å². The Hall–Kier alpha value is -0.930. The van der Waals surface area contributed by atoms with Crippen LogP contribution in [0.1, 0.15) is 24.0 Å². The first kappa shape index (κ1) is 10.6. The van der Waals surface area contributed by atoms with Gasteiger partial charge < -0.3 is 15.6 Å². The van der Waals surface area contributed by atoms with E-state index in [1.807, 2.05) is 6.92 Å². The molecule has 0 heterocycles. The number of benzene rings is 1. The summed E-state index contributed by atoms with van der Waals surface area (Å²) in [5.41, 5.74) is 7.62. The van der Waals surface area contributed by atoms with Gasteiger partial charge in [0.2, 0.25) is 0 Å². The molecule has 15 heavy (non-hydrogen) atoms. The topological polar surface area (TPSA) is 55.5 Å². The van der Waals surface area contributed by atoms with Crippen LogP contribution in [0.3, 0.4) is 0 Å². The van der Waals surface area contributed by atoms with E-state index in [1.54, 1.807) is 6.07 Å². The third-order valence-electron chi connectivity index (χ3n) is 2.89. The minimum atomic E-state index is -0.317. The number of halogens is 1. The third-order valence-corrected chi connectivity index (χ3v) is 3.25. The van der Waals surface area contributed by atoms with E-state index >= 15 is 0 Å². The molecule has 0 amide bonds. The molecule has 3 nitrogen and oxygen atoms in total. The highest BCUT2D eigenvalue weighted by atomic mass is 35.5. The van der Waals surface area contributed by atoms with E-state index in [0.29, 0.717) is 10.8 Å². The van der Waals surface area contributed by atoms with Crippen LogP contribution in [-0.2, 0) is 5.54 Å². The van der Waals surface area contributed by atoms with Crippen LogP contribution in [0.15, 0.2) is 6.07 Å². The molecule has 3 N–H and O–H groups in total. The monoisotopic (exact) mass is 227 g/mol. The molecule has 1 aliphatic carbocycles. The van der Waals surface area contributed by atoms with Crippen molar-refractivity contribution in [2.45, 2.75) is 25.3 Å². The quantitative estimate of drug-likeness (QED) is 0.815. The van der Waals surface area contributed by atoms with Gasteiger partial charge in [-0.3, -0.25) is 0 Å². The molecule has 0 spiro atoms. The molecule has 0 atom stereocenters. The van der Waals surface area contributed by atoms with Gasteiger partial charge in [0.1, 0.15) is 0 Å². The van der Waals surface area contributed by atoms with Crippen LogP contribution in [0.5, 0.6) is 11.5 Å². The zero-order valence-electron chi connectivity index (χ0n) is 8.80. The van der Waals surface area contributed by atoms with Crippen LogP contribution in [0.4, 0.5) is 0 Å². The predicted octanol–water partition coefficient (Wildman–Crippen LogP) is 2.31. The van der Waals surface area contributed by atoms with Crippen molar-refractivity contribution in [2.75, 3.05) is 7.11 Å². The molecule has 0 bridgehead atoms. The molecule has 2 rings (SSSR count). The van der Waals surface area contributed by atoms with Crippen molar-refractivity contribution in [3.05, 3.63) is 22.2 Å². The van der Waals surface area contributed by atoms with Gasteiger partial charge in [-0.05, 0) is 37.0 Å². The van der Waals surface area contributed by atoms with E-state index in [4.69, 9.17) is 22.1 Å². The van der Waals surface area contributed by atoms with Gasteiger partial charge in [-0.15, -0.1) is 0 Å². The first-order valence-electron chi connectivity index (χ1n) is 4.85. The molecule has 82 valence electrons. The lowest BCUT2D eigenvalue weighted by Gasteiger charge is -2.18. The summed E-state index contributed by atoms with van der Waals surface area (Å²) in [6.07, 6.45) is 1.86. The van der Waals surface area contributed by atoms with E-state index in [0.717, 1.165) is 24.0 Å². The molecule has 1 fully saturated rings. The van der Waals surface area contributed by atoms with Crippen molar-refractivity contribution in [3.63, 3.8) is 0 Å². The molecule has 1 aromatic carbocycles. The van der Waals surface area contributed by atoms with Gasteiger partial charge in [0.15, 0.2) is 11.5 Å². The first-order valence-corrected chi connectivity index (χ1v) is 5.23. The molecule has 0 aromatic heterocycles. The standard InChI is InChI=1S/C11H14ClNO2/c1-6-5-7(14)10(15-2)9(12)8(6)11(13)3-4-11/h5,14H,3-4,13H2,1-2H3. The third kappa shape index (κ3) is 1.56. The number of phenolic OH excluding ortho intramolecular Hbond substituents is 1. The Morgan fingerprint density at radius 1 is 1.53 bits per heavy atom. The summed E-state index contributed by atoms with van der Waals surface area (Å²) >= 11 is 6.18. The lowest BCUT2D eigenvalue weighted by atomic mass is 9.99. The maximum atomic E-state index is 9.63. The van der Waals surface area contributed by atoms with Crippen molar-refractivity contribution < 1.29 is 9.84 Å². The maximum absolute atomic E-state index is 9.63. The SMILES string of the molecule is COc1c(O)cc(C)c(C2(N)CC2)c1Cl. The molecule has 0 aliphatic heterocycles. The number of ether oxygens (including phenoxy) is 1. The van der Waals surface area contributed by atoms with E-state index in [9.17, 15) is 5.11 Å². The van der Waals surface area contributed by atoms with E-state index in [-0.39, 0.29) is 11.3 Å². The van der Waals surface area contributed by atoms with Crippen LogP contribution in [0.2, 0.25) is 5.02 Å². The highest BCUT2D eigenvalue weighted by Crippen LogP contribution is 2.51. The van der Waals surface area contributed by atoms with Crippen molar-refractivity contribution in [1.82, 2.24) is 0 Å². The smallest absolute Gasteiger partial charge is 0.179 e. The molecule has 1 aliphatic rings. The fourth-order valence-electron chi connectivity index (χ4n) is 1.93. The lowest BCUT2D eigenvalue weighted by Crippen LogP contribution is -2.20. The summed E-state index contributed by atoms with van der Waals surface area (Å²) in [7, 11) is 1.48. The number of rotatable bonds is 2. The minimum absolute atomic E-state index is 0.0630. The van der Waals surface area contributed by atoms with Gasteiger partial charge in [-0.1, -0.05) is 11.6 Å². The summed E-state index contributed by atoms with van der Waals surface area (Å²) in [5.74, 6) is 0.377. The van der Waals surface area contributed by atoms with Gasteiger partial charge in [0, 0.05) is 5.54 Å². The van der Waals surface area contributed by atoms with Gasteiger partial charge >= 0.3 is 0 Å². The lowest BCUT2D eigenvalue weighted by molar-refractivity contribution is 0.372. The normalized spacial score (nSPS) is 17.6. The Labute approximate surface area is 93.8 Å². The average Bonchev–Trinajstić information content (AvgIpc) is 2.83. The predicted molar refractivity (Wildman–Crippen MR) is 59.5 cm³/mol. The van der Waals surface area contributed by atoms with Crippen LogP contribution < -0.4 is 10.5 Å². The second-order valence-corrected chi connectivity index (χ2v) is 4.47. The highest BCUT2D eigenvalue weighted by Gasteiger charge is 2.43.